The molecule has 1 aromatic heterocycles. The van der Waals surface area contributed by atoms with Crippen LogP contribution in [0.1, 0.15) is 53.4 Å². The number of carbonyl (C=O) groups is 1. The first-order valence-electron chi connectivity index (χ1n) is 11.3. The zero-order valence-corrected chi connectivity index (χ0v) is 19.1. The molecule has 2 heterocycles. The number of aromatic hydroxyl groups is 1. The van der Waals surface area contributed by atoms with Crippen molar-refractivity contribution in [3.05, 3.63) is 52.7 Å². The van der Waals surface area contributed by atoms with Crippen LogP contribution in [-0.4, -0.2) is 58.3 Å². The summed E-state index contributed by atoms with van der Waals surface area (Å²) in [6, 6.07) is 9.42. The average Bonchev–Trinajstić information content (AvgIpc) is 3.37. The van der Waals surface area contributed by atoms with Crippen LogP contribution in [0, 0.1) is 0 Å². The molecule has 170 valence electrons. The van der Waals surface area contributed by atoms with Crippen molar-refractivity contribution in [1.29, 1.82) is 0 Å². The van der Waals surface area contributed by atoms with Crippen LogP contribution >= 0.6 is 0 Å². The Kier molecular flexibility index (Phi) is 6.65. The van der Waals surface area contributed by atoms with E-state index in [1.807, 2.05) is 18.2 Å². The first-order valence-corrected chi connectivity index (χ1v) is 11.3. The van der Waals surface area contributed by atoms with Gasteiger partial charge in [-0.2, -0.15) is 5.10 Å². The minimum Gasteiger partial charge on any atom is -0.507 e. The molecule has 32 heavy (non-hydrogen) atoms. The number of carbonyl (C=O) groups excluding carboxylic acids is 1. The number of unbranched alkanes of at least 4 members (excludes halogenated alkanes) is 1. The number of aryl methyl sites for hydroxylation is 1. The average molecular weight is 437 g/mol. The fraction of sp³-hybridized carbons (Fsp3) is 0.440. The molecule has 2 N–H and O–H groups in total. The monoisotopic (exact) mass is 436 g/mol. The minimum absolute atomic E-state index is 0.0194. The van der Waals surface area contributed by atoms with Crippen LogP contribution in [0.4, 0.5) is 0 Å². The third kappa shape index (κ3) is 4.72. The van der Waals surface area contributed by atoms with Crippen molar-refractivity contribution >= 4 is 16.8 Å². The number of hydrogen-bond acceptors (Lipinski definition) is 5. The summed E-state index contributed by atoms with van der Waals surface area (Å²) in [5, 5.41) is 18.8. The Bertz CT molecular complexity index is 1110. The lowest BCUT2D eigenvalue weighted by molar-refractivity contribution is 0.0748. The van der Waals surface area contributed by atoms with E-state index in [1.165, 1.54) is 0 Å². The zero-order chi connectivity index (χ0) is 22.7. The van der Waals surface area contributed by atoms with Crippen LogP contribution in [0.3, 0.4) is 0 Å². The quantitative estimate of drug-likeness (QED) is 0.494. The van der Waals surface area contributed by atoms with Gasteiger partial charge in [0, 0.05) is 31.1 Å². The predicted molar refractivity (Wildman–Crippen MR) is 125 cm³/mol. The third-order valence-corrected chi connectivity index (χ3v) is 5.96. The summed E-state index contributed by atoms with van der Waals surface area (Å²) in [6.45, 7) is 4.83. The molecule has 1 amide bonds. The van der Waals surface area contributed by atoms with E-state index in [2.05, 4.69) is 36.1 Å². The molecule has 0 saturated heterocycles. The van der Waals surface area contributed by atoms with Gasteiger partial charge in [0.1, 0.15) is 11.5 Å². The lowest BCUT2D eigenvalue weighted by atomic mass is 10.1. The summed E-state index contributed by atoms with van der Waals surface area (Å²) in [4.78, 5) is 17.2. The number of nitrogens with one attached hydrogen (secondary N) is 1. The number of nitrogens with zero attached hydrogens (tertiary/aromatic N) is 3. The van der Waals surface area contributed by atoms with Gasteiger partial charge in [-0.1, -0.05) is 19.4 Å². The van der Waals surface area contributed by atoms with Crippen LogP contribution in [0.25, 0.3) is 10.9 Å². The number of rotatable bonds is 9. The number of phenols is 1. The van der Waals surface area contributed by atoms with Crippen molar-refractivity contribution in [2.75, 3.05) is 27.2 Å². The molecule has 0 spiro atoms. The van der Waals surface area contributed by atoms with E-state index >= 15 is 0 Å². The highest BCUT2D eigenvalue weighted by molar-refractivity contribution is 6.01. The number of H-pyrrole nitrogens is 1. The second-order valence-corrected chi connectivity index (χ2v) is 8.79. The Hall–Kier alpha value is -3.06. The molecule has 7 nitrogen and oxygen atoms in total. The summed E-state index contributed by atoms with van der Waals surface area (Å²) < 4.78 is 5.89. The molecule has 0 aliphatic carbocycles. The van der Waals surface area contributed by atoms with Gasteiger partial charge in [-0.3, -0.25) is 9.89 Å². The molecule has 3 aromatic rings. The predicted octanol–water partition coefficient (Wildman–Crippen LogP) is 4.10. The van der Waals surface area contributed by atoms with Gasteiger partial charge in [-0.05, 0) is 62.7 Å². The van der Waals surface area contributed by atoms with Gasteiger partial charge in [0.15, 0.2) is 0 Å². The smallest absolute Gasteiger partial charge is 0.258 e. The van der Waals surface area contributed by atoms with E-state index in [9.17, 15) is 9.90 Å². The van der Waals surface area contributed by atoms with Crippen molar-refractivity contribution in [2.24, 2.45) is 0 Å². The van der Waals surface area contributed by atoms with Crippen molar-refractivity contribution in [1.82, 2.24) is 20.0 Å². The molecular formula is C25H32N4O3. The largest absolute Gasteiger partial charge is 0.507 e. The standard InChI is InChI=1S/C25H32N4O3/c1-4-5-7-22-20-13-21(24(30)14-23(20)27-26-22)25(31)29-15-17-8-9-19(12-18(17)16-29)32-11-6-10-28(2)3/h8-9,12-14,30H,4-7,10-11,15-16H2,1-3H3,(H,26,27). The molecule has 4 rings (SSSR count). The Balaban J connectivity index is 1.47. The van der Waals surface area contributed by atoms with Crippen LogP contribution in [-0.2, 0) is 19.5 Å². The molecule has 7 heteroatoms. The number of fused-ring (bicyclic) bond motifs is 2. The van der Waals surface area contributed by atoms with Gasteiger partial charge >= 0.3 is 0 Å². The maximum atomic E-state index is 13.3. The van der Waals surface area contributed by atoms with E-state index in [0.29, 0.717) is 25.3 Å². The van der Waals surface area contributed by atoms with E-state index in [4.69, 9.17) is 4.74 Å². The van der Waals surface area contributed by atoms with Crippen LogP contribution < -0.4 is 4.74 Å². The van der Waals surface area contributed by atoms with Gasteiger partial charge in [0.05, 0.1) is 23.4 Å². The second kappa shape index (κ2) is 9.61. The Morgan fingerprint density at radius 2 is 2.00 bits per heavy atom. The number of phenolic OH excluding ortho intramolecular Hbond substituents is 1. The van der Waals surface area contributed by atoms with Crippen LogP contribution in [0.15, 0.2) is 30.3 Å². The molecular weight excluding hydrogens is 404 g/mol. The van der Waals surface area contributed by atoms with Crippen LogP contribution in [0.5, 0.6) is 11.5 Å². The molecule has 0 fully saturated rings. The third-order valence-electron chi connectivity index (χ3n) is 5.96. The van der Waals surface area contributed by atoms with Crippen molar-refractivity contribution < 1.29 is 14.6 Å². The van der Waals surface area contributed by atoms with Crippen molar-refractivity contribution in [2.45, 2.75) is 45.7 Å². The lowest BCUT2D eigenvalue weighted by Gasteiger charge is -2.16. The Morgan fingerprint density at radius 1 is 1.19 bits per heavy atom. The Labute approximate surface area is 189 Å². The summed E-state index contributed by atoms with van der Waals surface area (Å²) in [7, 11) is 4.10. The molecule has 1 aliphatic rings. The highest BCUT2D eigenvalue weighted by atomic mass is 16.5. The van der Waals surface area contributed by atoms with Crippen molar-refractivity contribution in [3.63, 3.8) is 0 Å². The van der Waals surface area contributed by atoms with E-state index < -0.39 is 0 Å². The molecule has 1 aliphatic heterocycles. The first-order chi connectivity index (χ1) is 15.5. The van der Waals surface area contributed by atoms with Gasteiger partial charge in [0.25, 0.3) is 5.91 Å². The minimum atomic E-state index is -0.170. The topological polar surface area (TPSA) is 81.7 Å². The highest BCUT2D eigenvalue weighted by Crippen LogP contribution is 2.32. The summed E-state index contributed by atoms with van der Waals surface area (Å²) in [5.74, 6) is 0.644. The maximum absolute atomic E-state index is 13.3. The number of hydrogen-bond donors (Lipinski definition) is 2. The summed E-state index contributed by atoms with van der Waals surface area (Å²) in [6.07, 6.45) is 3.92. The molecule has 0 unspecified atom stereocenters. The first kappa shape index (κ1) is 22.1. The molecule has 2 aromatic carbocycles. The number of aromatic nitrogens is 2. The van der Waals surface area contributed by atoms with Gasteiger partial charge < -0.3 is 19.6 Å². The fourth-order valence-corrected chi connectivity index (χ4v) is 4.16. The van der Waals surface area contributed by atoms with Crippen LogP contribution in [0.2, 0.25) is 0 Å². The van der Waals surface area contributed by atoms with Gasteiger partial charge in [-0.15, -0.1) is 0 Å². The maximum Gasteiger partial charge on any atom is 0.258 e. The molecule has 0 radical (unpaired) electrons. The molecule has 0 bridgehead atoms. The van der Waals surface area contributed by atoms with E-state index in [0.717, 1.165) is 65.7 Å². The number of ether oxygens (including phenoxy) is 1. The number of aromatic amines is 1. The summed E-state index contributed by atoms with van der Waals surface area (Å²) in [5.41, 5.74) is 4.23. The number of benzene rings is 2. The van der Waals surface area contributed by atoms with Crippen molar-refractivity contribution in [3.8, 4) is 11.5 Å². The number of amides is 1. The highest BCUT2D eigenvalue weighted by Gasteiger charge is 2.27. The van der Waals surface area contributed by atoms with E-state index in [-0.39, 0.29) is 11.7 Å². The Morgan fingerprint density at radius 3 is 2.78 bits per heavy atom. The summed E-state index contributed by atoms with van der Waals surface area (Å²) >= 11 is 0. The second-order valence-electron chi connectivity index (χ2n) is 8.79. The zero-order valence-electron chi connectivity index (χ0n) is 19.1. The SMILES string of the molecule is CCCCc1n[nH]c2cc(O)c(C(=O)N3Cc4ccc(OCCCN(C)C)cc4C3)cc12. The van der Waals surface area contributed by atoms with E-state index in [1.54, 1.807) is 17.0 Å². The normalized spacial score (nSPS) is 13.2. The fourth-order valence-electron chi connectivity index (χ4n) is 4.16. The van der Waals surface area contributed by atoms with Gasteiger partial charge in [-0.25, -0.2) is 0 Å². The molecule has 0 saturated carbocycles. The van der Waals surface area contributed by atoms with Gasteiger partial charge in [0.2, 0.25) is 0 Å². The molecule has 0 atom stereocenters. The lowest BCUT2D eigenvalue weighted by Crippen LogP contribution is -2.25.